The third-order valence-electron chi connectivity index (χ3n) is 6.29. The molecule has 12 heteroatoms. The third kappa shape index (κ3) is 3.61. The Morgan fingerprint density at radius 2 is 0.879 bits per heavy atom. The van der Waals surface area contributed by atoms with E-state index < -0.39 is 0 Å². The molecule has 3 aromatic heterocycles. The van der Waals surface area contributed by atoms with Crippen molar-refractivity contribution in [2.24, 2.45) is 0 Å². The molecule has 0 saturated carbocycles. The van der Waals surface area contributed by atoms with Crippen molar-refractivity contribution in [2.75, 3.05) is 19.8 Å². The van der Waals surface area contributed by atoms with Gasteiger partial charge in [-0.2, -0.15) is 0 Å². The fourth-order valence-corrected chi connectivity index (χ4v) is 4.74. The van der Waals surface area contributed by atoms with Crippen molar-refractivity contribution in [3.63, 3.8) is 0 Å². The summed E-state index contributed by atoms with van der Waals surface area (Å²) >= 11 is 0. The van der Waals surface area contributed by atoms with Gasteiger partial charge < -0.3 is 14.2 Å². The largest absolute Gasteiger partial charge is 0.368 e. The van der Waals surface area contributed by atoms with Crippen LogP contribution in [0.5, 0.6) is 0 Å². The summed E-state index contributed by atoms with van der Waals surface area (Å²) in [5.41, 5.74) is 7.04. The Kier molecular flexibility index (Phi) is 4.35. The Bertz CT molecular complexity index is 1080. The first-order valence-corrected chi connectivity index (χ1v) is 10.9. The van der Waals surface area contributed by atoms with Crippen LogP contribution in [0.1, 0.15) is 51.7 Å². The van der Waals surface area contributed by atoms with Crippen LogP contribution in [0.3, 0.4) is 0 Å². The summed E-state index contributed by atoms with van der Waals surface area (Å²) < 4.78 is 23.1. The maximum absolute atomic E-state index is 5.87. The normalized spacial score (nSPS) is 23.1. The predicted octanol–water partition coefficient (Wildman–Crippen LogP) is 0.820. The van der Waals surface area contributed by atoms with Crippen molar-refractivity contribution in [3.05, 3.63) is 70.6 Å². The van der Waals surface area contributed by atoms with Gasteiger partial charge in [0.25, 0.3) is 0 Å². The third-order valence-corrected chi connectivity index (χ3v) is 6.29. The van der Waals surface area contributed by atoms with Crippen molar-refractivity contribution in [1.29, 1.82) is 0 Å². The molecular formula is C21H21N9O3. The maximum Gasteiger partial charge on any atom is 0.107 e. The summed E-state index contributed by atoms with van der Waals surface area (Å²) in [6, 6.07) is 0. The highest BCUT2D eigenvalue weighted by Crippen LogP contribution is 2.49. The summed E-state index contributed by atoms with van der Waals surface area (Å²) in [6.45, 7) is 3.79. The summed E-state index contributed by atoms with van der Waals surface area (Å²) in [4.78, 5) is 0. The van der Waals surface area contributed by atoms with Crippen LogP contribution in [-0.4, -0.2) is 64.8 Å². The SMILES string of the molecule is c1cn(Cc2c(C3CO3)c(Cn3ccnn3)c(C3CO3)c(Cn3ccnn3)c2C2CO2)nn1. The van der Waals surface area contributed by atoms with Crippen LogP contribution >= 0.6 is 0 Å². The van der Waals surface area contributed by atoms with Crippen LogP contribution in [0.4, 0.5) is 0 Å². The average Bonchev–Trinajstić information content (AvgIpc) is 3.79. The van der Waals surface area contributed by atoms with Gasteiger partial charge in [-0.3, -0.25) is 0 Å². The van der Waals surface area contributed by atoms with Gasteiger partial charge in [0.1, 0.15) is 18.3 Å². The Morgan fingerprint density at radius 1 is 0.576 bits per heavy atom. The first kappa shape index (κ1) is 19.0. The summed E-state index contributed by atoms with van der Waals surface area (Å²) in [5.74, 6) is 0. The second-order valence-corrected chi connectivity index (χ2v) is 8.44. The molecule has 12 nitrogen and oxygen atoms in total. The highest BCUT2D eigenvalue weighted by atomic mass is 16.6. The number of hydrogen-bond donors (Lipinski definition) is 0. The summed E-state index contributed by atoms with van der Waals surface area (Å²) in [7, 11) is 0. The minimum atomic E-state index is 0.0254. The Hall–Kier alpha value is -3.48. The van der Waals surface area contributed by atoms with Gasteiger partial charge >= 0.3 is 0 Å². The first-order valence-electron chi connectivity index (χ1n) is 10.9. The molecule has 7 rings (SSSR count). The highest BCUT2D eigenvalue weighted by molar-refractivity contribution is 5.57. The van der Waals surface area contributed by atoms with Crippen molar-refractivity contribution in [3.8, 4) is 0 Å². The van der Waals surface area contributed by atoms with E-state index in [9.17, 15) is 0 Å². The molecule has 0 N–H and O–H groups in total. The van der Waals surface area contributed by atoms with Gasteiger partial charge in [0.2, 0.25) is 0 Å². The van der Waals surface area contributed by atoms with Gasteiger partial charge in [0, 0.05) is 18.6 Å². The maximum atomic E-state index is 5.87. The van der Waals surface area contributed by atoms with Crippen molar-refractivity contribution in [1.82, 2.24) is 45.0 Å². The molecule has 3 saturated heterocycles. The molecule has 3 aliphatic heterocycles. The Morgan fingerprint density at radius 3 is 1.09 bits per heavy atom. The molecule has 0 amide bonds. The lowest BCUT2D eigenvalue weighted by Crippen LogP contribution is -2.19. The molecular weight excluding hydrogens is 426 g/mol. The molecule has 4 aromatic rings. The van der Waals surface area contributed by atoms with Crippen LogP contribution in [0.25, 0.3) is 0 Å². The topological polar surface area (TPSA) is 130 Å². The summed E-state index contributed by atoms with van der Waals surface area (Å²) in [5, 5.41) is 24.7. The average molecular weight is 447 g/mol. The molecule has 0 radical (unpaired) electrons. The monoisotopic (exact) mass is 447 g/mol. The lowest BCUT2D eigenvalue weighted by molar-refractivity contribution is 0.396. The van der Waals surface area contributed by atoms with E-state index in [-0.39, 0.29) is 18.3 Å². The van der Waals surface area contributed by atoms with Crippen LogP contribution in [-0.2, 0) is 33.8 Å². The number of epoxide rings is 3. The zero-order valence-electron chi connectivity index (χ0n) is 17.7. The predicted molar refractivity (Wildman–Crippen MR) is 110 cm³/mol. The summed E-state index contributed by atoms with van der Waals surface area (Å²) in [6.07, 6.45) is 10.8. The lowest BCUT2D eigenvalue weighted by atomic mass is 9.82. The molecule has 33 heavy (non-hydrogen) atoms. The minimum Gasteiger partial charge on any atom is -0.368 e. The van der Waals surface area contributed by atoms with E-state index in [2.05, 4.69) is 30.9 Å². The zero-order valence-corrected chi connectivity index (χ0v) is 17.7. The molecule has 1 aromatic carbocycles. The molecule has 3 aliphatic rings. The molecule has 0 spiro atoms. The van der Waals surface area contributed by atoms with Gasteiger partial charge in [0.05, 0.1) is 58.0 Å². The van der Waals surface area contributed by atoms with Crippen molar-refractivity contribution in [2.45, 2.75) is 37.9 Å². The molecule has 0 bridgehead atoms. The smallest absolute Gasteiger partial charge is 0.107 e. The molecule has 3 unspecified atom stereocenters. The fourth-order valence-electron chi connectivity index (χ4n) is 4.74. The Labute approximate surface area is 188 Å². The molecule has 0 aliphatic carbocycles. The molecule has 3 atom stereocenters. The molecule has 168 valence electrons. The standard InChI is InChI=1S/C21H21N9O3/c1-4-28(25-22-1)7-13-19(16-10-31-16)14(8-29-5-2-23-26-29)21(18-12-33-18)15(20(13)17-11-32-17)9-30-6-3-24-27-30/h1-6,16-18H,7-12H2. The lowest BCUT2D eigenvalue weighted by Gasteiger charge is -2.25. The van der Waals surface area contributed by atoms with Gasteiger partial charge in [-0.25, -0.2) is 14.0 Å². The van der Waals surface area contributed by atoms with Crippen molar-refractivity contribution < 1.29 is 14.2 Å². The number of rotatable bonds is 9. The number of benzene rings is 1. The minimum absolute atomic E-state index is 0.0254. The first-order chi connectivity index (χ1) is 16.3. The van der Waals surface area contributed by atoms with Crippen LogP contribution in [0.15, 0.2) is 37.2 Å². The molecule has 3 fully saturated rings. The number of aromatic nitrogens is 9. The van der Waals surface area contributed by atoms with Crippen LogP contribution in [0, 0.1) is 0 Å². The van der Waals surface area contributed by atoms with E-state index in [4.69, 9.17) is 14.2 Å². The Balaban J connectivity index is 1.49. The second kappa shape index (κ2) is 7.54. The fraction of sp³-hybridized carbons (Fsp3) is 0.429. The van der Waals surface area contributed by atoms with Crippen molar-refractivity contribution >= 4 is 0 Å². The van der Waals surface area contributed by atoms with Gasteiger partial charge in [-0.05, 0) is 33.4 Å². The number of hydrogen-bond acceptors (Lipinski definition) is 9. The highest BCUT2D eigenvalue weighted by Gasteiger charge is 2.43. The quantitative estimate of drug-likeness (QED) is 0.342. The van der Waals surface area contributed by atoms with Crippen LogP contribution < -0.4 is 0 Å². The number of ether oxygens (including phenoxy) is 3. The van der Waals surface area contributed by atoms with Crippen LogP contribution in [0.2, 0.25) is 0 Å². The molecule has 6 heterocycles. The second-order valence-electron chi connectivity index (χ2n) is 8.44. The van der Waals surface area contributed by atoms with Gasteiger partial charge in [0.15, 0.2) is 0 Å². The van der Waals surface area contributed by atoms with E-state index in [1.165, 1.54) is 33.4 Å². The van der Waals surface area contributed by atoms with E-state index >= 15 is 0 Å². The van der Waals surface area contributed by atoms with Gasteiger partial charge in [-0.1, -0.05) is 15.6 Å². The zero-order chi connectivity index (χ0) is 21.8. The van der Waals surface area contributed by atoms with E-state index in [1.807, 2.05) is 32.6 Å². The van der Waals surface area contributed by atoms with E-state index in [1.54, 1.807) is 18.6 Å². The van der Waals surface area contributed by atoms with E-state index in [0.717, 1.165) is 0 Å². The van der Waals surface area contributed by atoms with Gasteiger partial charge in [-0.15, -0.1) is 15.3 Å². The number of nitrogens with zero attached hydrogens (tertiary/aromatic N) is 9. The van der Waals surface area contributed by atoms with E-state index in [0.29, 0.717) is 39.5 Å².